The molecule has 2 fully saturated rings. The molecule has 0 aromatic carbocycles. The predicted octanol–water partition coefficient (Wildman–Crippen LogP) is 1.09. The Bertz CT molecular complexity index is 237. The van der Waals surface area contributed by atoms with E-state index in [2.05, 4.69) is 4.99 Å². The second kappa shape index (κ2) is 4.49. The van der Waals surface area contributed by atoms with Gasteiger partial charge in [0.1, 0.15) is 11.4 Å². The highest BCUT2D eigenvalue weighted by Crippen LogP contribution is 2.29. The molecule has 0 radical (unpaired) electrons. The standard InChI is InChI=1S/C11H20N2O2/c1-2-15-11(5-7-14-8-6-11)10(12)13-9-3-4-9/h9H,2-8H2,1H3,(H2,12,13). The molecule has 15 heavy (non-hydrogen) atoms. The minimum Gasteiger partial charge on any atom is -0.385 e. The van der Waals surface area contributed by atoms with Crippen molar-refractivity contribution in [2.24, 2.45) is 10.7 Å². The number of amidine groups is 1. The van der Waals surface area contributed by atoms with Gasteiger partial charge in [0.25, 0.3) is 0 Å². The van der Waals surface area contributed by atoms with E-state index in [1.54, 1.807) is 0 Å². The van der Waals surface area contributed by atoms with Gasteiger partial charge in [-0.3, -0.25) is 4.99 Å². The van der Waals surface area contributed by atoms with Gasteiger partial charge < -0.3 is 15.2 Å². The van der Waals surface area contributed by atoms with Crippen molar-refractivity contribution in [1.29, 1.82) is 0 Å². The second-order valence-electron chi connectivity index (χ2n) is 4.29. The van der Waals surface area contributed by atoms with E-state index < -0.39 is 0 Å². The van der Waals surface area contributed by atoms with Gasteiger partial charge in [0.2, 0.25) is 0 Å². The van der Waals surface area contributed by atoms with Crippen molar-refractivity contribution in [3.63, 3.8) is 0 Å². The Morgan fingerprint density at radius 2 is 2.13 bits per heavy atom. The molecular weight excluding hydrogens is 192 g/mol. The molecule has 0 atom stereocenters. The molecule has 2 N–H and O–H groups in total. The van der Waals surface area contributed by atoms with Gasteiger partial charge in [-0.15, -0.1) is 0 Å². The number of hydrogen-bond acceptors (Lipinski definition) is 3. The van der Waals surface area contributed by atoms with Gasteiger partial charge in [-0.1, -0.05) is 0 Å². The summed E-state index contributed by atoms with van der Waals surface area (Å²) < 4.78 is 11.2. The van der Waals surface area contributed by atoms with Crippen LogP contribution in [0.2, 0.25) is 0 Å². The Morgan fingerprint density at radius 3 is 2.67 bits per heavy atom. The lowest BCUT2D eigenvalue weighted by Crippen LogP contribution is -2.50. The first-order valence-electron chi connectivity index (χ1n) is 5.82. The van der Waals surface area contributed by atoms with Gasteiger partial charge in [0.05, 0.1) is 6.04 Å². The molecule has 1 heterocycles. The summed E-state index contributed by atoms with van der Waals surface area (Å²) in [6.45, 7) is 4.13. The Kier molecular flexibility index (Phi) is 3.26. The predicted molar refractivity (Wildman–Crippen MR) is 59.1 cm³/mol. The van der Waals surface area contributed by atoms with Crippen LogP contribution in [0.3, 0.4) is 0 Å². The molecule has 1 aliphatic carbocycles. The van der Waals surface area contributed by atoms with Crippen molar-refractivity contribution < 1.29 is 9.47 Å². The van der Waals surface area contributed by atoms with Crippen molar-refractivity contribution >= 4 is 5.84 Å². The molecule has 4 nitrogen and oxygen atoms in total. The summed E-state index contributed by atoms with van der Waals surface area (Å²) >= 11 is 0. The van der Waals surface area contributed by atoms with E-state index >= 15 is 0 Å². The molecule has 1 aliphatic heterocycles. The zero-order valence-corrected chi connectivity index (χ0v) is 9.37. The lowest BCUT2D eigenvalue weighted by molar-refractivity contribution is -0.0646. The smallest absolute Gasteiger partial charge is 0.129 e. The topological polar surface area (TPSA) is 56.8 Å². The quantitative estimate of drug-likeness (QED) is 0.560. The highest BCUT2D eigenvalue weighted by atomic mass is 16.5. The van der Waals surface area contributed by atoms with Crippen molar-refractivity contribution in [2.45, 2.75) is 44.2 Å². The van der Waals surface area contributed by atoms with Gasteiger partial charge >= 0.3 is 0 Å². The van der Waals surface area contributed by atoms with Crippen LogP contribution in [-0.2, 0) is 9.47 Å². The SMILES string of the molecule is CCOC1(C(N)=NC2CC2)CCOCC1. The molecule has 0 unspecified atom stereocenters. The van der Waals surface area contributed by atoms with Crippen LogP contribution >= 0.6 is 0 Å². The van der Waals surface area contributed by atoms with Crippen LogP contribution in [-0.4, -0.2) is 37.3 Å². The Morgan fingerprint density at radius 1 is 1.47 bits per heavy atom. The Balaban J connectivity index is 2.08. The maximum Gasteiger partial charge on any atom is 0.129 e. The molecule has 0 bridgehead atoms. The molecule has 2 aliphatic rings. The van der Waals surface area contributed by atoms with E-state index in [4.69, 9.17) is 15.2 Å². The average molecular weight is 212 g/mol. The number of rotatable bonds is 4. The first-order chi connectivity index (χ1) is 7.27. The third-order valence-corrected chi connectivity index (χ3v) is 3.06. The van der Waals surface area contributed by atoms with Crippen LogP contribution in [0.25, 0.3) is 0 Å². The zero-order chi connectivity index (χ0) is 10.7. The van der Waals surface area contributed by atoms with Gasteiger partial charge in [-0.05, 0) is 19.8 Å². The maximum atomic E-state index is 6.08. The summed E-state index contributed by atoms with van der Waals surface area (Å²) in [5, 5.41) is 0. The zero-order valence-electron chi connectivity index (χ0n) is 9.37. The highest BCUT2D eigenvalue weighted by molar-refractivity contribution is 5.89. The summed E-state index contributed by atoms with van der Waals surface area (Å²) in [5.41, 5.74) is 5.74. The normalized spacial score (nSPS) is 26.6. The first kappa shape index (κ1) is 10.9. The highest BCUT2D eigenvalue weighted by Gasteiger charge is 2.38. The molecule has 4 heteroatoms. The van der Waals surface area contributed by atoms with Crippen molar-refractivity contribution in [3.05, 3.63) is 0 Å². The Labute approximate surface area is 90.8 Å². The molecule has 0 spiro atoms. The lowest BCUT2D eigenvalue weighted by atomic mass is 9.92. The molecule has 0 aromatic heterocycles. The van der Waals surface area contributed by atoms with E-state index in [1.807, 2.05) is 6.92 Å². The lowest BCUT2D eigenvalue weighted by Gasteiger charge is -2.36. The van der Waals surface area contributed by atoms with E-state index in [0.717, 1.165) is 26.1 Å². The fourth-order valence-electron chi connectivity index (χ4n) is 1.97. The van der Waals surface area contributed by atoms with Crippen LogP contribution < -0.4 is 5.73 Å². The van der Waals surface area contributed by atoms with Gasteiger partial charge in [-0.25, -0.2) is 0 Å². The first-order valence-corrected chi connectivity index (χ1v) is 5.82. The van der Waals surface area contributed by atoms with Crippen LogP contribution in [0.1, 0.15) is 32.6 Å². The number of aliphatic imine (C=N–C) groups is 1. The minimum absolute atomic E-state index is 0.338. The summed E-state index contributed by atoms with van der Waals surface area (Å²) in [7, 11) is 0. The molecule has 1 saturated heterocycles. The molecular formula is C11H20N2O2. The van der Waals surface area contributed by atoms with Crippen molar-refractivity contribution in [2.75, 3.05) is 19.8 Å². The minimum atomic E-state index is -0.338. The summed E-state index contributed by atoms with van der Waals surface area (Å²) in [4.78, 5) is 4.52. The van der Waals surface area contributed by atoms with E-state index in [0.29, 0.717) is 18.5 Å². The van der Waals surface area contributed by atoms with Gasteiger partial charge in [0, 0.05) is 32.7 Å². The summed E-state index contributed by atoms with van der Waals surface area (Å²) in [6.07, 6.45) is 4.03. The van der Waals surface area contributed by atoms with E-state index in [9.17, 15) is 0 Å². The fourth-order valence-corrected chi connectivity index (χ4v) is 1.97. The maximum absolute atomic E-state index is 6.08. The molecule has 86 valence electrons. The Hall–Kier alpha value is -0.610. The van der Waals surface area contributed by atoms with Gasteiger partial charge in [-0.2, -0.15) is 0 Å². The number of ether oxygens (including phenoxy) is 2. The molecule has 0 amide bonds. The van der Waals surface area contributed by atoms with Crippen LogP contribution in [0, 0.1) is 0 Å². The molecule has 0 aromatic rings. The average Bonchev–Trinajstić information content (AvgIpc) is 3.03. The molecule has 1 saturated carbocycles. The van der Waals surface area contributed by atoms with Crippen molar-refractivity contribution in [1.82, 2.24) is 0 Å². The number of nitrogens with zero attached hydrogens (tertiary/aromatic N) is 1. The van der Waals surface area contributed by atoms with Crippen LogP contribution in [0.4, 0.5) is 0 Å². The monoisotopic (exact) mass is 212 g/mol. The fraction of sp³-hybridized carbons (Fsp3) is 0.909. The number of hydrogen-bond donors (Lipinski definition) is 1. The number of nitrogens with two attached hydrogens (primary N) is 1. The third-order valence-electron chi connectivity index (χ3n) is 3.06. The van der Waals surface area contributed by atoms with Crippen LogP contribution in [0.5, 0.6) is 0 Å². The van der Waals surface area contributed by atoms with Gasteiger partial charge in [0.15, 0.2) is 0 Å². The van der Waals surface area contributed by atoms with Crippen LogP contribution in [0.15, 0.2) is 4.99 Å². The van der Waals surface area contributed by atoms with E-state index in [-0.39, 0.29) is 5.60 Å². The van der Waals surface area contributed by atoms with E-state index in [1.165, 1.54) is 12.8 Å². The summed E-state index contributed by atoms with van der Waals surface area (Å²) in [6, 6.07) is 0.463. The van der Waals surface area contributed by atoms with Crippen molar-refractivity contribution in [3.8, 4) is 0 Å². The third kappa shape index (κ3) is 2.49. The second-order valence-corrected chi connectivity index (χ2v) is 4.29. The molecule has 2 rings (SSSR count). The summed E-state index contributed by atoms with van der Waals surface area (Å²) in [5.74, 6) is 0.690. The largest absolute Gasteiger partial charge is 0.385 e.